The van der Waals surface area contributed by atoms with Crippen LogP contribution < -0.4 is 20.9 Å². The van der Waals surface area contributed by atoms with Crippen LogP contribution in [0.15, 0.2) is 66.9 Å². The van der Waals surface area contributed by atoms with Crippen LogP contribution in [-0.4, -0.2) is 42.1 Å². The molecule has 2 heterocycles. The lowest BCUT2D eigenvalue weighted by atomic mass is 10.0. The molecule has 0 unspecified atom stereocenters. The Morgan fingerprint density at radius 3 is 2.53 bits per heavy atom. The lowest BCUT2D eigenvalue weighted by Gasteiger charge is -2.29. The van der Waals surface area contributed by atoms with Crippen molar-refractivity contribution < 1.29 is 9.18 Å². The number of benzene rings is 3. The van der Waals surface area contributed by atoms with Crippen LogP contribution in [0, 0.1) is 5.82 Å². The summed E-state index contributed by atoms with van der Waals surface area (Å²) in [4.78, 5) is 22.9. The third kappa shape index (κ3) is 4.67. The molecule has 3 N–H and O–H groups in total. The van der Waals surface area contributed by atoms with Gasteiger partial charge in [-0.1, -0.05) is 18.2 Å². The zero-order chi connectivity index (χ0) is 23.5. The minimum absolute atomic E-state index is 0.215. The first-order chi connectivity index (χ1) is 16.6. The number of rotatable bonds is 5. The number of amides is 1. The Balaban J connectivity index is 1.45. The summed E-state index contributed by atoms with van der Waals surface area (Å²) in [6.07, 6.45) is 1.72. The quantitative estimate of drug-likeness (QED) is 0.409. The second-order valence-corrected chi connectivity index (χ2v) is 8.22. The molecule has 3 aromatic carbocycles. The minimum Gasteiger partial charge on any atom is -0.369 e. The molecule has 34 heavy (non-hydrogen) atoms. The van der Waals surface area contributed by atoms with Gasteiger partial charge in [0.2, 0.25) is 11.9 Å². The van der Waals surface area contributed by atoms with Gasteiger partial charge in [0.25, 0.3) is 0 Å². The van der Waals surface area contributed by atoms with Crippen LogP contribution in [0.2, 0.25) is 0 Å². The number of para-hydroxylation sites is 1. The molecule has 0 aliphatic carbocycles. The summed E-state index contributed by atoms with van der Waals surface area (Å²) in [5, 5.41) is 10.1. The SMILES string of the molecule is CC(=O)Nc1ccc(F)c(-c2cccc3cnc(Nc4ccc(N5CCNCC5)cc4)nc23)c1. The molecule has 0 atom stereocenters. The van der Waals surface area contributed by atoms with E-state index in [0.29, 0.717) is 28.3 Å². The first kappa shape index (κ1) is 21.8. The number of nitrogens with one attached hydrogen (secondary N) is 3. The number of halogens is 1. The van der Waals surface area contributed by atoms with E-state index in [2.05, 4.69) is 38.0 Å². The summed E-state index contributed by atoms with van der Waals surface area (Å²) < 4.78 is 14.8. The number of hydrogen-bond donors (Lipinski definition) is 3. The van der Waals surface area contributed by atoms with Gasteiger partial charge in [-0.2, -0.15) is 0 Å². The highest BCUT2D eigenvalue weighted by Crippen LogP contribution is 2.32. The van der Waals surface area contributed by atoms with E-state index < -0.39 is 5.82 Å². The van der Waals surface area contributed by atoms with Gasteiger partial charge in [-0.3, -0.25) is 4.79 Å². The highest BCUT2D eigenvalue weighted by atomic mass is 19.1. The summed E-state index contributed by atoms with van der Waals surface area (Å²) in [6, 6.07) is 18.2. The van der Waals surface area contributed by atoms with E-state index in [9.17, 15) is 9.18 Å². The maximum absolute atomic E-state index is 14.8. The molecule has 8 heteroatoms. The molecule has 0 bridgehead atoms. The largest absolute Gasteiger partial charge is 0.369 e. The van der Waals surface area contributed by atoms with Crippen molar-refractivity contribution in [2.45, 2.75) is 6.92 Å². The van der Waals surface area contributed by atoms with Crippen molar-refractivity contribution in [1.29, 1.82) is 0 Å². The molecule has 4 aromatic rings. The van der Waals surface area contributed by atoms with E-state index in [4.69, 9.17) is 4.98 Å². The standard InChI is InChI=1S/C26H25FN6O/c1-17(34)30-20-7-10-24(27)23(15-20)22-4-2-3-18-16-29-26(32-25(18)22)31-19-5-8-21(9-6-19)33-13-11-28-12-14-33/h2-10,15-16,28H,11-14H2,1H3,(H,30,34)(H,29,31,32). The molecule has 1 amide bonds. The molecule has 1 fully saturated rings. The zero-order valence-electron chi connectivity index (χ0n) is 18.8. The van der Waals surface area contributed by atoms with Crippen LogP contribution >= 0.6 is 0 Å². The third-order valence-corrected chi connectivity index (χ3v) is 5.79. The second-order valence-electron chi connectivity index (χ2n) is 8.22. The number of carbonyl (C=O) groups is 1. The molecule has 0 saturated carbocycles. The number of anilines is 4. The Kier molecular flexibility index (Phi) is 6.05. The van der Waals surface area contributed by atoms with Gasteiger partial charge in [0, 0.05) is 72.9 Å². The Labute approximate surface area is 197 Å². The molecule has 5 rings (SSSR count). The van der Waals surface area contributed by atoms with Crippen LogP contribution in [0.3, 0.4) is 0 Å². The Morgan fingerprint density at radius 2 is 1.76 bits per heavy atom. The molecule has 1 saturated heterocycles. The summed E-state index contributed by atoms with van der Waals surface area (Å²) in [5.74, 6) is -0.182. The van der Waals surface area contributed by atoms with E-state index in [0.717, 1.165) is 37.3 Å². The average molecular weight is 457 g/mol. The van der Waals surface area contributed by atoms with Crippen LogP contribution in [0.5, 0.6) is 0 Å². The van der Waals surface area contributed by atoms with Crippen molar-refractivity contribution in [1.82, 2.24) is 15.3 Å². The fourth-order valence-electron chi connectivity index (χ4n) is 4.15. The predicted molar refractivity (Wildman–Crippen MR) is 134 cm³/mol. The van der Waals surface area contributed by atoms with Gasteiger partial charge in [-0.25, -0.2) is 14.4 Å². The number of carbonyl (C=O) groups excluding carboxylic acids is 1. The fraction of sp³-hybridized carbons (Fsp3) is 0.192. The Morgan fingerprint density at radius 1 is 1.00 bits per heavy atom. The van der Waals surface area contributed by atoms with Gasteiger partial charge < -0.3 is 20.9 Å². The number of fused-ring (bicyclic) bond motifs is 1. The molecule has 7 nitrogen and oxygen atoms in total. The van der Waals surface area contributed by atoms with Crippen molar-refractivity contribution in [3.63, 3.8) is 0 Å². The van der Waals surface area contributed by atoms with Crippen molar-refractivity contribution in [2.24, 2.45) is 0 Å². The topological polar surface area (TPSA) is 82.2 Å². The first-order valence-electron chi connectivity index (χ1n) is 11.2. The van der Waals surface area contributed by atoms with Gasteiger partial charge in [0.1, 0.15) is 5.82 Å². The zero-order valence-corrected chi connectivity index (χ0v) is 18.8. The monoisotopic (exact) mass is 456 g/mol. The first-order valence-corrected chi connectivity index (χ1v) is 11.2. The van der Waals surface area contributed by atoms with Crippen LogP contribution in [0.4, 0.5) is 27.4 Å². The van der Waals surface area contributed by atoms with Crippen molar-refractivity contribution in [3.05, 3.63) is 72.7 Å². The van der Waals surface area contributed by atoms with Crippen LogP contribution in [0.1, 0.15) is 6.92 Å². The summed E-state index contributed by atoms with van der Waals surface area (Å²) in [6.45, 7) is 5.37. The van der Waals surface area contributed by atoms with Crippen LogP contribution in [-0.2, 0) is 4.79 Å². The van der Waals surface area contributed by atoms with Gasteiger partial charge >= 0.3 is 0 Å². The molecule has 172 valence electrons. The molecule has 1 aromatic heterocycles. The summed E-state index contributed by atoms with van der Waals surface area (Å²) >= 11 is 0. The fourth-order valence-corrected chi connectivity index (χ4v) is 4.15. The van der Waals surface area contributed by atoms with Crippen molar-refractivity contribution in [3.8, 4) is 11.1 Å². The van der Waals surface area contributed by atoms with Gasteiger partial charge in [-0.05, 0) is 42.5 Å². The lowest BCUT2D eigenvalue weighted by molar-refractivity contribution is -0.114. The van der Waals surface area contributed by atoms with Gasteiger partial charge in [0.05, 0.1) is 5.52 Å². The Hall–Kier alpha value is -4.04. The number of nitrogens with zero attached hydrogens (tertiary/aromatic N) is 3. The predicted octanol–water partition coefficient (Wildman–Crippen LogP) is 4.55. The molecule has 1 aliphatic rings. The molecular formula is C26H25FN6O. The lowest BCUT2D eigenvalue weighted by Crippen LogP contribution is -2.43. The maximum Gasteiger partial charge on any atom is 0.227 e. The minimum atomic E-state index is -0.391. The van der Waals surface area contributed by atoms with Gasteiger partial charge in [-0.15, -0.1) is 0 Å². The van der Waals surface area contributed by atoms with Crippen LogP contribution in [0.25, 0.3) is 22.0 Å². The average Bonchev–Trinajstić information content (AvgIpc) is 2.86. The smallest absolute Gasteiger partial charge is 0.227 e. The normalized spacial score (nSPS) is 13.6. The van der Waals surface area contributed by atoms with E-state index in [1.807, 2.05) is 30.3 Å². The molecule has 0 radical (unpaired) electrons. The maximum atomic E-state index is 14.8. The van der Waals surface area contributed by atoms with Crippen molar-refractivity contribution in [2.75, 3.05) is 41.7 Å². The van der Waals surface area contributed by atoms with Gasteiger partial charge in [0.15, 0.2) is 0 Å². The molecule has 0 spiro atoms. The second kappa shape index (κ2) is 9.44. The highest BCUT2D eigenvalue weighted by Gasteiger charge is 2.14. The van der Waals surface area contributed by atoms with E-state index >= 15 is 0 Å². The van der Waals surface area contributed by atoms with Crippen molar-refractivity contribution >= 4 is 39.8 Å². The highest BCUT2D eigenvalue weighted by molar-refractivity contribution is 5.96. The number of piperazine rings is 1. The Bertz CT molecular complexity index is 1340. The van der Waals surface area contributed by atoms with E-state index in [-0.39, 0.29) is 5.91 Å². The molecule has 1 aliphatic heterocycles. The molecular weight excluding hydrogens is 431 g/mol. The number of hydrogen-bond acceptors (Lipinski definition) is 6. The summed E-state index contributed by atoms with van der Waals surface area (Å²) in [5.41, 5.74) is 4.19. The van der Waals surface area contributed by atoms with E-state index in [1.165, 1.54) is 24.7 Å². The summed E-state index contributed by atoms with van der Waals surface area (Å²) in [7, 11) is 0. The number of aromatic nitrogens is 2. The van der Waals surface area contributed by atoms with E-state index in [1.54, 1.807) is 12.3 Å². The third-order valence-electron chi connectivity index (χ3n) is 5.79.